The monoisotopic (exact) mass is 390 g/mol. The Morgan fingerprint density at radius 1 is 1.04 bits per heavy atom. The molecular weight excluding hydrogens is 368 g/mol. The van der Waals surface area contributed by atoms with Gasteiger partial charge in [0.2, 0.25) is 0 Å². The van der Waals surface area contributed by atoms with Gasteiger partial charge in [-0.3, -0.25) is 0 Å². The molecule has 144 valence electrons. The predicted molar refractivity (Wildman–Crippen MR) is 107 cm³/mol. The number of rotatable bonds is 5. The number of benzene rings is 2. The van der Waals surface area contributed by atoms with Crippen molar-refractivity contribution in [3.8, 4) is 5.75 Å². The van der Waals surface area contributed by atoms with Crippen LogP contribution in [0.25, 0.3) is 0 Å². The van der Waals surface area contributed by atoms with Gasteiger partial charge in [0.25, 0.3) is 0 Å². The van der Waals surface area contributed by atoms with Gasteiger partial charge in [-0.15, -0.1) is 0 Å². The molecule has 7 heteroatoms. The molecule has 0 aliphatic rings. The quantitative estimate of drug-likeness (QED) is 0.703. The second kappa shape index (κ2) is 8.77. The molecule has 0 heterocycles. The van der Waals surface area contributed by atoms with E-state index in [2.05, 4.69) is 10.6 Å². The normalized spacial score (nSPS) is 10.9. The largest absolute Gasteiger partial charge is 0.482 e. The molecule has 27 heavy (non-hydrogen) atoms. The van der Waals surface area contributed by atoms with Crippen molar-refractivity contribution >= 4 is 35.0 Å². The fraction of sp³-hybridized carbons (Fsp3) is 0.300. The van der Waals surface area contributed by atoms with Gasteiger partial charge in [0.15, 0.2) is 6.61 Å². The van der Waals surface area contributed by atoms with Crippen molar-refractivity contribution in [2.24, 2.45) is 0 Å². The summed E-state index contributed by atoms with van der Waals surface area (Å²) in [6, 6.07) is 11.5. The van der Waals surface area contributed by atoms with Crippen molar-refractivity contribution in [1.29, 1.82) is 0 Å². The lowest BCUT2D eigenvalue weighted by Gasteiger charge is -2.19. The van der Waals surface area contributed by atoms with Crippen molar-refractivity contribution in [3.05, 3.63) is 53.1 Å². The molecule has 0 radical (unpaired) electrons. The van der Waals surface area contributed by atoms with Crippen LogP contribution in [0.4, 0.5) is 16.2 Å². The van der Waals surface area contributed by atoms with Crippen LogP contribution in [0.15, 0.2) is 42.5 Å². The van der Waals surface area contributed by atoms with Crippen molar-refractivity contribution in [3.63, 3.8) is 0 Å². The SMILES string of the molecule is Cc1cc(Cl)ccc1NC(=O)Nc1ccc(OCC(=O)OC(C)(C)C)cc1. The van der Waals surface area contributed by atoms with E-state index in [1.165, 1.54) is 0 Å². The molecule has 0 saturated carbocycles. The third-order valence-corrected chi connectivity index (χ3v) is 3.56. The standard InChI is InChI=1S/C20H23ClN2O4/c1-13-11-14(21)5-10-17(13)23-19(25)22-15-6-8-16(9-7-15)26-12-18(24)27-20(2,3)4/h5-11H,12H2,1-4H3,(H2,22,23,25). The first-order chi connectivity index (χ1) is 12.6. The molecule has 2 rings (SSSR count). The van der Waals surface area contributed by atoms with E-state index in [1.807, 2.05) is 6.92 Å². The van der Waals surface area contributed by atoms with Crippen LogP contribution in [0.5, 0.6) is 5.75 Å². The molecule has 0 aromatic heterocycles. The average molecular weight is 391 g/mol. The summed E-state index contributed by atoms with van der Waals surface area (Å²) in [4.78, 5) is 23.7. The van der Waals surface area contributed by atoms with Gasteiger partial charge in [-0.2, -0.15) is 0 Å². The highest BCUT2D eigenvalue weighted by Crippen LogP contribution is 2.20. The smallest absolute Gasteiger partial charge is 0.344 e. The molecule has 0 aliphatic heterocycles. The number of urea groups is 1. The lowest BCUT2D eigenvalue weighted by atomic mass is 10.2. The van der Waals surface area contributed by atoms with Crippen LogP contribution in [0.2, 0.25) is 5.02 Å². The van der Waals surface area contributed by atoms with Gasteiger partial charge in [0, 0.05) is 16.4 Å². The summed E-state index contributed by atoms with van der Waals surface area (Å²) in [5.74, 6) is 0.0581. The Morgan fingerprint density at radius 3 is 2.30 bits per heavy atom. The highest BCUT2D eigenvalue weighted by molar-refractivity contribution is 6.30. The number of aryl methyl sites for hydroxylation is 1. The number of anilines is 2. The van der Waals surface area contributed by atoms with Gasteiger partial charge in [-0.05, 0) is 75.7 Å². The van der Waals surface area contributed by atoms with Crippen LogP contribution in [-0.4, -0.2) is 24.2 Å². The van der Waals surface area contributed by atoms with E-state index < -0.39 is 11.6 Å². The molecule has 0 saturated heterocycles. The number of nitrogens with one attached hydrogen (secondary N) is 2. The molecule has 0 aliphatic carbocycles. The first kappa shape index (κ1) is 20.6. The molecule has 6 nitrogen and oxygen atoms in total. The highest BCUT2D eigenvalue weighted by Gasteiger charge is 2.16. The first-order valence-electron chi connectivity index (χ1n) is 8.41. The van der Waals surface area contributed by atoms with Gasteiger partial charge >= 0.3 is 12.0 Å². The Kier molecular flexibility index (Phi) is 6.69. The minimum atomic E-state index is -0.552. The molecule has 0 spiro atoms. The summed E-state index contributed by atoms with van der Waals surface area (Å²) in [5, 5.41) is 6.10. The minimum Gasteiger partial charge on any atom is -0.482 e. The van der Waals surface area contributed by atoms with E-state index in [4.69, 9.17) is 21.1 Å². The van der Waals surface area contributed by atoms with E-state index in [-0.39, 0.29) is 12.6 Å². The summed E-state index contributed by atoms with van der Waals surface area (Å²) in [6.45, 7) is 7.06. The maximum absolute atomic E-state index is 12.1. The molecule has 2 aromatic rings. The summed E-state index contributed by atoms with van der Waals surface area (Å²) in [5.41, 5.74) is 1.57. The van der Waals surface area contributed by atoms with Gasteiger partial charge in [-0.25, -0.2) is 9.59 Å². The fourth-order valence-electron chi connectivity index (χ4n) is 2.20. The highest BCUT2D eigenvalue weighted by atomic mass is 35.5. The summed E-state index contributed by atoms with van der Waals surface area (Å²) in [6.07, 6.45) is 0. The number of esters is 1. The number of hydrogen-bond acceptors (Lipinski definition) is 4. The van der Waals surface area contributed by atoms with Crippen molar-refractivity contribution < 1.29 is 19.1 Å². The zero-order chi connectivity index (χ0) is 20.0. The number of ether oxygens (including phenoxy) is 2. The topological polar surface area (TPSA) is 76.7 Å². The number of amides is 2. The summed E-state index contributed by atoms with van der Waals surface area (Å²) < 4.78 is 10.6. The lowest BCUT2D eigenvalue weighted by molar-refractivity contribution is -0.157. The Labute approximate surface area is 163 Å². The molecule has 0 atom stereocenters. The Bertz CT molecular complexity index is 814. The van der Waals surface area contributed by atoms with E-state index in [0.29, 0.717) is 22.1 Å². The van der Waals surface area contributed by atoms with E-state index in [9.17, 15) is 9.59 Å². The maximum Gasteiger partial charge on any atom is 0.344 e. The third kappa shape index (κ3) is 7.19. The van der Waals surface area contributed by atoms with Crippen molar-refractivity contribution in [1.82, 2.24) is 0 Å². The van der Waals surface area contributed by atoms with Crippen LogP contribution in [0.1, 0.15) is 26.3 Å². The van der Waals surface area contributed by atoms with Crippen molar-refractivity contribution in [2.75, 3.05) is 17.2 Å². The lowest BCUT2D eigenvalue weighted by Crippen LogP contribution is -2.27. The molecule has 2 aromatic carbocycles. The maximum atomic E-state index is 12.1. The van der Waals surface area contributed by atoms with Crippen LogP contribution in [0.3, 0.4) is 0 Å². The molecule has 0 fully saturated rings. The second-order valence-corrected chi connectivity index (χ2v) is 7.37. The second-order valence-electron chi connectivity index (χ2n) is 6.94. The van der Waals surface area contributed by atoms with Crippen LogP contribution in [-0.2, 0) is 9.53 Å². The minimum absolute atomic E-state index is 0.180. The van der Waals surface area contributed by atoms with E-state index in [1.54, 1.807) is 63.2 Å². The molecule has 0 unspecified atom stereocenters. The Morgan fingerprint density at radius 2 is 1.70 bits per heavy atom. The van der Waals surface area contributed by atoms with E-state index >= 15 is 0 Å². The number of halogens is 1. The van der Waals surface area contributed by atoms with Crippen LogP contribution >= 0.6 is 11.6 Å². The summed E-state index contributed by atoms with van der Waals surface area (Å²) in [7, 11) is 0. The number of carbonyl (C=O) groups is 2. The molecular formula is C20H23ClN2O4. The average Bonchev–Trinajstić information content (AvgIpc) is 2.55. The van der Waals surface area contributed by atoms with Gasteiger partial charge in [-0.1, -0.05) is 11.6 Å². The third-order valence-electron chi connectivity index (χ3n) is 3.33. The van der Waals surface area contributed by atoms with E-state index in [0.717, 1.165) is 5.56 Å². The Hall–Kier alpha value is -2.73. The van der Waals surface area contributed by atoms with Gasteiger partial charge in [0.05, 0.1) is 0 Å². The zero-order valence-electron chi connectivity index (χ0n) is 15.8. The molecule has 2 amide bonds. The fourth-order valence-corrected chi connectivity index (χ4v) is 2.43. The van der Waals surface area contributed by atoms with Crippen molar-refractivity contribution in [2.45, 2.75) is 33.3 Å². The van der Waals surface area contributed by atoms with Gasteiger partial charge in [0.1, 0.15) is 11.4 Å². The molecule has 2 N–H and O–H groups in total. The van der Waals surface area contributed by atoms with Crippen LogP contribution in [0, 0.1) is 6.92 Å². The zero-order valence-corrected chi connectivity index (χ0v) is 16.5. The van der Waals surface area contributed by atoms with Gasteiger partial charge < -0.3 is 20.1 Å². The molecule has 0 bridgehead atoms. The first-order valence-corrected chi connectivity index (χ1v) is 8.79. The summed E-state index contributed by atoms with van der Waals surface area (Å²) >= 11 is 5.91. The number of hydrogen-bond donors (Lipinski definition) is 2. The predicted octanol–water partition coefficient (Wildman–Crippen LogP) is 5.01. The Balaban J connectivity index is 1.86. The number of carbonyl (C=O) groups excluding carboxylic acids is 2. The van der Waals surface area contributed by atoms with Crippen LogP contribution < -0.4 is 15.4 Å².